The summed E-state index contributed by atoms with van der Waals surface area (Å²) in [6.07, 6.45) is -0.739. The Morgan fingerprint density at radius 1 is 0.944 bits per heavy atom. The molecule has 0 aliphatic rings. The standard InChI is InChI=1S/C12H20O6/c1-4-7-10(13)18-9(12(15)17-6-3)8-11(14)16-5-2/h9H,4-8H2,1-3H3/t9-/m0/s1. The first-order valence-electron chi connectivity index (χ1n) is 6.06. The molecule has 0 fully saturated rings. The Morgan fingerprint density at radius 3 is 2.06 bits per heavy atom. The molecule has 18 heavy (non-hydrogen) atoms. The van der Waals surface area contributed by atoms with Gasteiger partial charge in [0.25, 0.3) is 0 Å². The molecule has 0 aliphatic carbocycles. The van der Waals surface area contributed by atoms with Gasteiger partial charge in [-0.05, 0) is 20.3 Å². The van der Waals surface area contributed by atoms with Crippen LogP contribution < -0.4 is 0 Å². The van der Waals surface area contributed by atoms with Gasteiger partial charge in [-0.3, -0.25) is 9.59 Å². The number of carbonyl (C=O) groups is 3. The van der Waals surface area contributed by atoms with Crippen molar-refractivity contribution in [3.05, 3.63) is 0 Å². The van der Waals surface area contributed by atoms with Gasteiger partial charge in [-0.15, -0.1) is 0 Å². The highest BCUT2D eigenvalue weighted by Gasteiger charge is 2.27. The van der Waals surface area contributed by atoms with Gasteiger partial charge in [0.05, 0.1) is 19.6 Å². The number of esters is 3. The van der Waals surface area contributed by atoms with Gasteiger partial charge in [-0.2, -0.15) is 0 Å². The second-order valence-corrected chi connectivity index (χ2v) is 3.49. The van der Waals surface area contributed by atoms with E-state index < -0.39 is 24.0 Å². The Morgan fingerprint density at radius 2 is 1.56 bits per heavy atom. The van der Waals surface area contributed by atoms with E-state index in [1.165, 1.54) is 0 Å². The molecule has 0 amide bonds. The molecule has 0 saturated carbocycles. The fourth-order valence-corrected chi connectivity index (χ4v) is 1.20. The molecule has 0 N–H and O–H groups in total. The van der Waals surface area contributed by atoms with Gasteiger partial charge < -0.3 is 14.2 Å². The number of carbonyl (C=O) groups excluding carboxylic acids is 3. The van der Waals surface area contributed by atoms with Gasteiger partial charge in [0, 0.05) is 6.42 Å². The highest BCUT2D eigenvalue weighted by atomic mass is 16.6. The van der Waals surface area contributed by atoms with E-state index in [9.17, 15) is 14.4 Å². The van der Waals surface area contributed by atoms with E-state index in [-0.39, 0.29) is 26.1 Å². The van der Waals surface area contributed by atoms with Crippen molar-refractivity contribution in [2.45, 2.75) is 46.1 Å². The quantitative estimate of drug-likeness (QED) is 0.482. The molecule has 0 bridgehead atoms. The molecule has 0 aromatic rings. The molecule has 0 aromatic heterocycles. The third kappa shape index (κ3) is 6.88. The fourth-order valence-electron chi connectivity index (χ4n) is 1.20. The van der Waals surface area contributed by atoms with Gasteiger partial charge in [-0.1, -0.05) is 6.92 Å². The molecular weight excluding hydrogens is 240 g/mol. The van der Waals surface area contributed by atoms with Crippen molar-refractivity contribution in [1.82, 2.24) is 0 Å². The van der Waals surface area contributed by atoms with E-state index in [0.29, 0.717) is 6.42 Å². The van der Waals surface area contributed by atoms with Crippen LogP contribution in [0.4, 0.5) is 0 Å². The Kier molecular flexibility index (Phi) is 8.61. The summed E-state index contributed by atoms with van der Waals surface area (Å²) in [5, 5.41) is 0. The van der Waals surface area contributed by atoms with Crippen LogP contribution >= 0.6 is 0 Å². The number of rotatable bonds is 8. The van der Waals surface area contributed by atoms with Crippen LogP contribution in [0.3, 0.4) is 0 Å². The van der Waals surface area contributed by atoms with Gasteiger partial charge in [-0.25, -0.2) is 4.79 Å². The van der Waals surface area contributed by atoms with Crippen molar-refractivity contribution in [1.29, 1.82) is 0 Å². The van der Waals surface area contributed by atoms with Crippen LogP contribution in [0.15, 0.2) is 0 Å². The largest absolute Gasteiger partial charge is 0.466 e. The van der Waals surface area contributed by atoms with Gasteiger partial charge in [0.15, 0.2) is 0 Å². The SMILES string of the molecule is CCCC(=O)O[C@@H](CC(=O)OCC)C(=O)OCC. The molecule has 0 heterocycles. The average molecular weight is 260 g/mol. The van der Waals surface area contributed by atoms with Gasteiger partial charge in [0.1, 0.15) is 0 Å². The lowest BCUT2D eigenvalue weighted by molar-refractivity contribution is -0.171. The second-order valence-electron chi connectivity index (χ2n) is 3.49. The van der Waals surface area contributed by atoms with Gasteiger partial charge >= 0.3 is 17.9 Å². The molecule has 0 rings (SSSR count). The predicted molar refractivity (Wildman–Crippen MR) is 62.7 cm³/mol. The molecule has 0 aromatic carbocycles. The van der Waals surface area contributed by atoms with Crippen LogP contribution in [-0.2, 0) is 28.6 Å². The van der Waals surface area contributed by atoms with Crippen molar-refractivity contribution in [3.63, 3.8) is 0 Å². The minimum Gasteiger partial charge on any atom is -0.466 e. The van der Waals surface area contributed by atoms with Crippen LogP contribution in [0.1, 0.15) is 40.0 Å². The molecule has 0 unspecified atom stereocenters. The van der Waals surface area contributed by atoms with Gasteiger partial charge in [0.2, 0.25) is 6.10 Å². The first-order chi connectivity index (χ1) is 8.54. The highest BCUT2D eigenvalue weighted by Crippen LogP contribution is 2.06. The lowest BCUT2D eigenvalue weighted by Crippen LogP contribution is -2.32. The van der Waals surface area contributed by atoms with Crippen LogP contribution in [-0.4, -0.2) is 37.2 Å². The van der Waals surface area contributed by atoms with E-state index in [2.05, 4.69) is 0 Å². The molecule has 0 radical (unpaired) electrons. The first-order valence-corrected chi connectivity index (χ1v) is 6.06. The summed E-state index contributed by atoms with van der Waals surface area (Å²) >= 11 is 0. The van der Waals surface area contributed by atoms with E-state index >= 15 is 0 Å². The normalized spacial score (nSPS) is 11.5. The molecular formula is C12H20O6. The van der Waals surface area contributed by atoms with E-state index in [4.69, 9.17) is 14.2 Å². The Balaban J connectivity index is 4.46. The Hall–Kier alpha value is -1.59. The third-order valence-corrected chi connectivity index (χ3v) is 1.93. The minimum absolute atomic E-state index is 0.156. The zero-order chi connectivity index (χ0) is 14.0. The van der Waals surface area contributed by atoms with Crippen LogP contribution in [0.5, 0.6) is 0 Å². The van der Waals surface area contributed by atoms with Crippen molar-refractivity contribution in [2.75, 3.05) is 13.2 Å². The third-order valence-electron chi connectivity index (χ3n) is 1.93. The predicted octanol–water partition coefficient (Wildman–Crippen LogP) is 1.21. The molecule has 0 saturated heterocycles. The van der Waals surface area contributed by atoms with Crippen molar-refractivity contribution in [2.24, 2.45) is 0 Å². The zero-order valence-electron chi connectivity index (χ0n) is 11.1. The molecule has 1 atom stereocenters. The van der Waals surface area contributed by atoms with Crippen LogP contribution in [0.2, 0.25) is 0 Å². The number of hydrogen-bond donors (Lipinski definition) is 0. The maximum absolute atomic E-state index is 11.5. The van der Waals surface area contributed by atoms with E-state index in [0.717, 1.165) is 0 Å². The second kappa shape index (κ2) is 9.44. The average Bonchev–Trinajstić information content (AvgIpc) is 2.29. The monoisotopic (exact) mass is 260 g/mol. The van der Waals surface area contributed by atoms with E-state index in [1.807, 2.05) is 6.92 Å². The summed E-state index contributed by atoms with van der Waals surface area (Å²) in [6, 6.07) is 0. The number of ether oxygens (including phenoxy) is 3. The topological polar surface area (TPSA) is 78.9 Å². The summed E-state index contributed by atoms with van der Waals surface area (Å²) in [7, 11) is 0. The smallest absolute Gasteiger partial charge is 0.348 e. The molecule has 6 heteroatoms. The Labute approximate surface area is 107 Å². The minimum atomic E-state index is -1.22. The maximum atomic E-state index is 11.5. The highest BCUT2D eigenvalue weighted by molar-refractivity contribution is 5.84. The maximum Gasteiger partial charge on any atom is 0.348 e. The summed E-state index contributed by atoms with van der Waals surface area (Å²) in [5.41, 5.74) is 0. The number of hydrogen-bond acceptors (Lipinski definition) is 6. The first kappa shape index (κ1) is 16.4. The van der Waals surface area contributed by atoms with Crippen LogP contribution in [0.25, 0.3) is 0 Å². The lowest BCUT2D eigenvalue weighted by Gasteiger charge is -2.15. The molecule has 6 nitrogen and oxygen atoms in total. The molecule has 0 aliphatic heterocycles. The van der Waals surface area contributed by atoms with Crippen molar-refractivity contribution in [3.8, 4) is 0 Å². The summed E-state index contributed by atoms with van der Waals surface area (Å²) < 4.78 is 14.4. The summed E-state index contributed by atoms with van der Waals surface area (Å²) in [4.78, 5) is 34.1. The van der Waals surface area contributed by atoms with E-state index in [1.54, 1.807) is 13.8 Å². The zero-order valence-corrected chi connectivity index (χ0v) is 11.1. The lowest BCUT2D eigenvalue weighted by atomic mass is 10.2. The summed E-state index contributed by atoms with van der Waals surface area (Å²) in [6.45, 7) is 5.46. The van der Waals surface area contributed by atoms with Crippen molar-refractivity contribution >= 4 is 17.9 Å². The Bertz CT molecular complexity index is 266. The molecule has 104 valence electrons. The van der Waals surface area contributed by atoms with Crippen molar-refractivity contribution < 1.29 is 28.6 Å². The summed E-state index contributed by atoms with van der Waals surface area (Å²) in [5.74, 6) is -1.85. The molecule has 0 spiro atoms. The van der Waals surface area contributed by atoms with Crippen LogP contribution in [0, 0.1) is 0 Å². The fraction of sp³-hybridized carbons (Fsp3) is 0.750.